The van der Waals surface area contributed by atoms with Crippen molar-refractivity contribution in [2.75, 3.05) is 6.54 Å². The number of allylic oxidation sites excluding steroid dienone is 1. The van der Waals surface area contributed by atoms with E-state index >= 15 is 0 Å². The van der Waals surface area contributed by atoms with Gasteiger partial charge in [0.25, 0.3) is 0 Å². The van der Waals surface area contributed by atoms with Crippen LogP contribution in [0.5, 0.6) is 0 Å². The van der Waals surface area contributed by atoms with E-state index in [2.05, 4.69) is 10.1 Å². The van der Waals surface area contributed by atoms with Crippen molar-refractivity contribution < 1.29 is 18.0 Å². The third-order valence-electron chi connectivity index (χ3n) is 3.96. The molecule has 0 radical (unpaired) electrons. The van der Waals surface area contributed by atoms with Gasteiger partial charge in [-0.25, -0.2) is 5.01 Å². The Morgan fingerprint density at radius 1 is 1.25 bits per heavy atom. The van der Waals surface area contributed by atoms with Crippen LogP contribution in [0.2, 0.25) is 0 Å². The van der Waals surface area contributed by atoms with E-state index in [1.165, 1.54) is 12.1 Å². The molecule has 7 heteroatoms. The van der Waals surface area contributed by atoms with Crippen molar-refractivity contribution in [3.63, 3.8) is 0 Å². The summed E-state index contributed by atoms with van der Waals surface area (Å²) in [7, 11) is 0. The first kappa shape index (κ1) is 16.4. The van der Waals surface area contributed by atoms with Crippen LogP contribution in [0.25, 0.3) is 0 Å². The smallest absolute Gasteiger partial charge is 0.301 e. The second-order valence-electron chi connectivity index (χ2n) is 6.05. The fraction of sp³-hybridized carbons (Fsp3) is 0.353. The van der Waals surface area contributed by atoms with E-state index in [1.54, 1.807) is 5.01 Å². The van der Waals surface area contributed by atoms with Crippen LogP contribution in [0, 0.1) is 5.92 Å². The van der Waals surface area contributed by atoms with E-state index in [0.29, 0.717) is 23.7 Å². The summed E-state index contributed by atoms with van der Waals surface area (Å²) in [6, 6.07) is 4.44. The molecule has 0 saturated carbocycles. The van der Waals surface area contributed by atoms with Crippen LogP contribution in [0.4, 0.5) is 13.2 Å². The Morgan fingerprint density at radius 2 is 1.92 bits per heavy atom. The second kappa shape index (κ2) is 5.89. The molecule has 1 atom stereocenters. The third kappa shape index (κ3) is 2.98. The average Bonchev–Trinajstić information content (AvgIpc) is 2.96. The Labute approximate surface area is 137 Å². The number of halogens is 3. The van der Waals surface area contributed by atoms with Gasteiger partial charge in [0.2, 0.25) is 0 Å². The lowest BCUT2D eigenvalue weighted by molar-refractivity contribution is -0.137. The highest BCUT2D eigenvalue weighted by atomic mass is 19.4. The fourth-order valence-corrected chi connectivity index (χ4v) is 2.68. The van der Waals surface area contributed by atoms with Gasteiger partial charge in [0.15, 0.2) is 0 Å². The minimum Gasteiger partial charge on any atom is -0.301 e. The van der Waals surface area contributed by atoms with Crippen molar-refractivity contribution in [1.82, 2.24) is 5.01 Å². The van der Waals surface area contributed by atoms with Crippen molar-refractivity contribution in [2.24, 2.45) is 16.0 Å². The van der Waals surface area contributed by atoms with Gasteiger partial charge in [-0.15, -0.1) is 0 Å². The molecule has 4 nitrogen and oxygen atoms in total. The molecule has 0 aliphatic carbocycles. The van der Waals surface area contributed by atoms with Gasteiger partial charge >= 0.3 is 6.18 Å². The van der Waals surface area contributed by atoms with Crippen LogP contribution < -0.4 is 0 Å². The van der Waals surface area contributed by atoms with Gasteiger partial charge in [0.1, 0.15) is 18.2 Å². The monoisotopic (exact) mass is 335 g/mol. The molecular weight excluding hydrogens is 319 g/mol. The molecule has 1 unspecified atom stereocenters. The van der Waals surface area contributed by atoms with Crippen molar-refractivity contribution >= 4 is 17.8 Å². The first-order valence-electron chi connectivity index (χ1n) is 7.58. The minimum atomic E-state index is -4.36. The maximum absolute atomic E-state index is 12.7. The van der Waals surface area contributed by atoms with Crippen LogP contribution in [-0.2, 0) is 11.0 Å². The highest BCUT2D eigenvalue weighted by molar-refractivity contribution is 6.17. The molecule has 2 heterocycles. The fourth-order valence-electron chi connectivity index (χ4n) is 2.68. The van der Waals surface area contributed by atoms with Crippen molar-refractivity contribution in [3.05, 3.63) is 47.0 Å². The van der Waals surface area contributed by atoms with Gasteiger partial charge < -0.3 is 4.79 Å². The highest BCUT2D eigenvalue weighted by Gasteiger charge is 2.33. The zero-order valence-electron chi connectivity index (χ0n) is 13.2. The maximum Gasteiger partial charge on any atom is 0.416 e. The van der Waals surface area contributed by atoms with Gasteiger partial charge in [-0.3, -0.25) is 4.99 Å². The molecule has 3 rings (SSSR count). The molecule has 1 aromatic rings. The van der Waals surface area contributed by atoms with Crippen LogP contribution in [0.15, 0.2) is 46.0 Å². The Morgan fingerprint density at radius 3 is 2.46 bits per heavy atom. The highest BCUT2D eigenvalue weighted by Crippen LogP contribution is 2.30. The number of aliphatic imine (C=N–C) groups is 1. The summed E-state index contributed by atoms with van der Waals surface area (Å²) in [4.78, 5) is 15.4. The summed E-state index contributed by atoms with van der Waals surface area (Å²) in [5, 5.41) is 6.09. The Hall–Kier alpha value is -2.44. The van der Waals surface area contributed by atoms with Crippen molar-refractivity contribution in [1.29, 1.82) is 0 Å². The van der Waals surface area contributed by atoms with E-state index in [1.807, 2.05) is 19.9 Å². The number of amidine groups is 1. The zero-order chi connectivity index (χ0) is 17.5. The predicted octanol–water partition coefficient (Wildman–Crippen LogP) is 3.29. The van der Waals surface area contributed by atoms with E-state index < -0.39 is 17.8 Å². The van der Waals surface area contributed by atoms with Gasteiger partial charge in [0, 0.05) is 11.1 Å². The number of rotatable bonds is 3. The molecule has 0 bridgehead atoms. The Bertz CT molecular complexity index is 745. The molecule has 1 aromatic carbocycles. The number of carbonyl (C=O) groups excluding carboxylic acids is 1. The lowest BCUT2D eigenvalue weighted by Gasteiger charge is -2.25. The first-order valence-corrected chi connectivity index (χ1v) is 7.58. The summed E-state index contributed by atoms with van der Waals surface area (Å²) in [6.07, 6.45) is -1.76. The quantitative estimate of drug-likeness (QED) is 0.796. The number of benzene rings is 1. The normalized spacial score (nSPS) is 20.5. The van der Waals surface area contributed by atoms with E-state index in [9.17, 15) is 18.0 Å². The van der Waals surface area contributed by atoms with Crippen LogP contribution >= 0.6 is 0 Å². The summed E-state index contributed by atoms with van der Waals surface area (Å²) in [5.41, 5.74) is 1.39. The van der Waals surface area contributed by atoms with Gasteiger partial charge in [-0.05, 0) is 24.1 Å². The largest absolute Gasteiger partial charge is 0.416 e. The molecule has 0 spiro atoms. The molecule has 0 saturated heterocycles. The SMILES string of the molecule is CC(C)C1=CC(c2ccc(C(F)(F)F)cc2)=NN2CC(C=O)N=C12. The second-order valence-corrected chi connectivity index (χ2v) is 6.05. The Kier molecular flexibility index (Phi) is 4.03. The third-order valence-corrected chi connectivity index (χ3v) is 3.96. The molecular formula is C17H16F3N3O. The summed E-state index contributed by atoms with van der Waals surface area (Å²) in [6.45, 7) is 4.35. The average molecular weight is 335 g/mol. The molecule has 0 aromatic heterocycles. The topological polar surface area (TPSA) is 45.0 Å². The number of aldehydes is 1. The molecule has 24 heavy (non-hydrogen) atoms. The van der Waals surface area contributed by atoms with E-state index in [4.69, 9.17) is 0 Å². The van der Waals surface area contributed by atoms with Gasteiger partial charge in [-0.2, -0.15) is 18.3 Å². The lowest BCUT2D eigenvalue weighted by atomic mass is 9.96. The molecule has 0 N–H and O–H groups in total. The number of hydrogen-bond donors (Lipinski definition) is 0. The number of hydrazone groups is 1. The zero-order valence-corrected chi connectivity index (χ0v) is 13.2. The van der Waals surface area contributed by atoms with Crippen molar-refractivity contribution in [2.45, 2.75) is 26.1 Å². The standard InChI is InChI=1S/C17H16F3N3O/c1-10(2)14-7-15(22-23-8-13(9-24)21-16(14)23)11-3-5-12(6-4-11)17(18,19)20/h3-7,9-10,13H,8H2,1-2H3. The Balaban J connectivity index is 1.97. The number of carbonyl (C=O) groups is 1. The molecule has 0 amide bonds. The maximum atomic E-state index is 12.7. The van der Waals surface area contributed by atoms with Gasteiger partial charge in [-0.1, -0.05) is 26.0 Å². The molecule has 0 fully saturated rings. The van der Waals surface area contributed by atoms with E-state index in [0.717, 1.165) is 24.0 Å². The number of alkyl halides is 3. The first-order chi connectivity index (χ1) is 11.3. The van der Waals surface area contributed by atoms with Crippen molar-refractivity contribution in [3.8, 4) is 0 Å². The summed E-state index contributed by atoms with van der Waals surface area (Å²) in [5.74, 6) is 0.814. The molecule has 2 aliphatic rings. The summed E-state index contributed by atoms with van der Waals surface area (Å²) >= 11 is 0. The number of fused-ring (bicyclic) bond motifs is 1. The van der Waals surface area contributed by atoms with Crippen LogP contribution in [-0.4, -0.2) is 35.4 Å². The minimum absolute atomic E-state index is 0.150. The molecule has 2 aliphatic heterocycles. The predicted molar refractivity (Wildman–Crippen MR) is 84.9 cm³/mol. The number of hydrogen-bond acceptors (Lipinski definition) is 4. The summed E-state index contributed by atoms with van der Waals surface area (Å²) < 4.78 is 38.1. The molecule has 126 valence electrons. The van der Waals surface area contributed by atoms with Gasteiger partial charge in [0.05, 0.1) is 17.8 Å². The van der Waals surface area contributed by atoms with Crippen LogP contribution in [0.1, 0.15) is 25.0 Å². The van der Waals surface area contributed by atoms with E-state index in [-0.39, 0.29) is 5.92 Å². The lowest BCUT2D eigenvalue weighted by Crippen LogP contribution is -2.32. The van der Waals surface area contributed by atoms with Crippen LogP contribution in [0.3, 0.4) is 0 Å². The number of nitrogens with zero attached hydrogens (tertiary/aromatic N) is 3.